The summed E-state index contributed by atoms with van der Waals surface area (Å²) in [7, 11) is -3.72. The fourth-order valence-electron chi connectivity index (χ4n) is 1.68. The van der Waals surface area contributed by atoms with Gasteiger partial charge in [-0.2, -0.15) is 0 Å². The summed E-state index contributed by atoms with van der Waals surface area (Å²) < 4.78 is 23.1. The van der Waals surface area contributed by atoms with Crippen LogP contribution in [-0.4, -0.2) is 13.5 Å². The molecule has 20 heavy (non-hydrogen) atoms. The fourth-order valence-corrected chi connectivity index (χ4v) is 2.65. The molecule has 0 fully saturated rings. The van der Waals surface area contributed by atoms with Crippen LogP contribution in [0.15, 0.2) is 51.8 Å². The molecule has 0 heterocycles. The van der Waals surface area contributed by atoms with Gasteiger partial charge in [0, 0.05) is 17.8 Å². The minimum Gasteiger partial charge on any atom is -0.506 e. The number of primary sulfonamides is 1. The van der Waals surface area contributed by atoms with Crippen LogP contribution in [0.2, 0.25) is 0 Å². The number of phenols is 1. The highest BCUT2D eigenvalue weighted by Gasteiger charge is 2.08. The van der Waals surface area contributed by atoms with Crippen LogP contribution in [0.5, 0.6) is 5.75 Å². The van der Waals surface area contributed by atoms with Gasteiger partial charge in [0.25, 0.3) is 0 Å². The van der Waals surface area contributed by atoms with Gasteiger partial charge in [-0.05, 0) is 40.2 Å². The maximum atomic E-state index is 11.3. The molecule has 0 radical (unpaired) electrons. The van der Waals surface area contributed by atoms with Crippen LogP contribution in [0, 0.1) is 0 Å². The Morgan fingerprint density at radius 2 is 1.90 bits per heavy atom. The molecule has 0 bridgehead atoms. The molecule has 2 aromatic carbocycles. The smallest absolute Gasteiger partial charge is 0.238 e. The monoisotopic (exact) mass is 356 g/mol. The molecule has 0 unspecified atom stereocenters. The summed E-state index contributed by atoms with van der Waals surface area (Å²) >= 11 is 3.24. The summed E-state index contributed by atoms with van der Waals surface area (Å²) in [6.45, 7) is 0.360. The Bertz CT molecular complexity index is 732. The SMILES string of the molecule is NS(=O)(=O)c1cccc(NCc2cccc(Br)c2O)c1. The van der Waals surface area contributed by atoms with Crippen molar-refractivity contribution in [2.45, 2.75) is 11.4 Å². The molecule has 0 saturated carbocycles. The van der Waals surface area contributed by atoms with E-state index in [1.165, 1.54) is 12.1 Å². The Kier molecular flexibility index (Phi) is 4.32. The second-order valence-electron chi connectivity index (χ2n) is 4.17. The largest absolute Gasteiger partial charge is 0.506 e. The first-order valence-electron chi connectivity index (χ1n) is 5.71. The van der Waals surface area contributed by atoms with Crippen molar-refractivity contribution >= 4 is 31.6 Å². The third-order valence-electron chi connectivity index (χ3n) is 2.72. The van der Waals surface area contributed by atoms with Crippen molar-refractivity contribution in [1.29, 1.82) is 0 Å². The van der Waals surface area contributed by atoms with E-state index in [4.69, 9.17) is 5.14 Å². The van der Waals surface area contributed by atoms with Gasteiger partial charge >= 0.3 is 0 Å². The normalized spacial score (nSPS) is 11.3. The molecule has 0 saturated heterocycles. The average Bonchev–Trinajstić information content (AvgIpc) is 2.40. The highest BCUT2D eigenvalue weighted by Crippen LogP contribution is 2.28. The van der Waals surface area contributed by atoms with Gasteiger partial charge in [0.15, 0.2) is 0 Å². The summed E-state index contributed by atoms with van der Waals surface area (Å²) in [6.07, 6.45) is 0. The molecule has 5 nitrogen and oxygen atoms in total. The zero-order valence-electron chi connectivity index (χ0n) is 10.4. The first-order valence-corrected chi connectivity index (χ1v) is 8.05. The van der Waals surface area contributed by atoms with Crippen LogP contribution in [0.25, 0.3) is 0 Å². The number of nitrogens with two attached hydrogens (primary N) is 1. The Morgan fingerprint density at radius 1 is 1.20 bits per heavy atom. The molecule has 0 aliphatic heterocycles. The van der Waals surface area contributed by atoms with Gasteiger partial charge in [0.1, 0.15) is 5.75 Å². The van der Waals surface area contributed by atoms with Gasteiger partial charge in [0.2, 0.25) is 10.0 Å². The van der Waals surface area contributed by atoms with Crippen LogP contribution >= 0.6 is 15.9 Å². The van der Waals surface area contributed by atoms with E-state index in [0.717, 1.165) is 0 Å². The standard InChI is InChI=1S/C13H13BrN2O3S/c14-12-6-1-3-9(13(12)17)8-16-10-4-2-5-11(7-10)20(15,18)19/h1-7,16-17H,8H2,(H2,15,18,19). The number of para-hydroxylation sites is 1. The minimum absolute atomic E-state index is 0.0426. The number of rotatable bonds is 4. The number of anilines is 1. The zero-order valence-corrected chi connectivity index (χ0v) is 12.8. The van der Waals surface area contributed by atoms with Gasteiger partial charge in [-0.3, -0.25) is 0 Å². The van der Waals surface area contributed by atoms with Gasteiger partial charge in [-0.25, -0.2) is 13.6 Å². The second kappa shape index (κ2) is 5.82. The van der Waals surface area contributed by atoms with Crippen LogP contribution < -0.4 is 10.5 Å². The molecule has 2 rings (SSSR count). The number of halogens is 1. The lowest BCUT2D eigenvalue weighted by atomic mass is 10.2. The molecular weight excluding hydrogens is 344 g/mol. The van der Waals surface area contributed by atoms with Crippen molar-refractivity contribution in [3.63, 3.8) is 0 Å². The van der Waals surface area contributed by atoms with Crippen molar-refractivity contribution < 1.29 is 13.5 Å². The molecule has 0 spiro atoms. The molecule has 0 aliphatic rings. The number of phenolic OH excluding ortho intramolecular Hbond substituents is 1. The van der Waals surface area contributed by atoms with Gasteiger partial charge in [0.05, 0.1) is 9.37 Å². The molecule has 0 amide bonds. The van der Waals surface area contributed by atoms with Crippen molar-refractivity contribution in [1.82, 2.24) is 0 Å². The summed E-state index contributed by atoms with van der Waals surface area (Å²) in [5, 5.41) is 18.0. The second-order valence-corrected chi connectivity index (χ2v) is 6.59. The molecule has 106 valence electrons. The Morgan fingerprint density at radius 3 is 2.60 bits per heavy atom. The van der Waals surface area contributed by atoms with Crippen molar-refractivity contribution in [2.24, 2.45) is 5.14 Å². The molecule has 4 N–H and O–H groups in total. The zero-order chi connectivity index (χ0) is 14.8. The minimum atomic E-state index is -3.72. The highest BCUT2D eigenvalue weighted by molar-refractivity contribution is 9.10. The van der Waals surface area contributed by atoms with Gasteiger partial charge < -0.3 is 10.4 Å². The van der Waals surface area contributed by atoms with E-state index in [9.17, 15) is 13.5 Å². The Labute approximate surface area is 125 Å². The maximum Gasteiger partial charge on any atom is 0.238 e. The predicted molar refractivity (Wildman–Crippen MR) is 80.9 cm³/mol. The number of hydrogen-bond acceptors (Lipinski definition) is 4. The Hall–Kier alpha value is -1.57. The molecule has 0 aromatic heterocycles. The van der Waals surface area contributed by atoms with E-state index in [1.807, 2.05) is 6.07 Å². The predicted octanol–water partition coefficient (Wildman–Crippen LogP) is 2.41. The topological polar surface area (TPSA) is 92.4 Å². The average molecular weight is 357 g/mol. The summed E-state index contributed by atoms with van der Waals surface area (Å²) in [6, 6.07) is 11.5. The van der Waals surface area contributed by atoms with Crippen LogP contribution in [0.1, 0.15) is 5.56 Å². The summed E-state index contributed by atoms with van der Waals surface area (Å²) in [4.78, 5) is 0.0426. The summed E-state index contributed by atoms with van der Waals surface area (Å²) in [5.41, 5.74) is 1.30. The van der Waals surface area contributed by atoms with Crippen LogP contribution in [-0.2, 0) is 16.6 Å². The number of benzene rings is 2. The first kappa shape index (κ1) is 14.8. The van der Waals surface area contributed by atoms with Crippen LogP contribution in [0.4, 0.5) is 5.69 Å². The molecule has 7 heteroatoms. The van der Waals surface area contributed by atoms with Crippen molar-refractivity contribution in [3.8, 4) is 5.75 Å². The first-order chi connectivity index (χ1) is 9.38. The lowest BCUT2D eigenvalue weighted by molar-refractivity contribution is 0.465. The summed E-state index contributed by atoms with van der Waals surface area (Å²) in [5.74, 6) is 0.155. The van der Waals surface area contributed by atoms with E-state index in [0.29, 0.717) is 22.3 Å². The number of hydrogen-bond donors (Lipinski definition) is 3. The molecule has 2 aromatic rings. The van der Waals surface area contributed by atoms with Gasteiger partial charge in [-0.1, -0.05) is 18.2 Å². The highest BCUT2D eigenvalue weighted by atomic mass is 79.9. The quantitative estimate of drug-likeness (QED) is 0.784. The number of sulfonamides is 1. The third-order valence-corrected chi connectivity index (χ3v) is 4.27. The number of aromatic hydroxyl groups is 1. The molecule has 0 aliphatic carbocycles. The number of nitrogens with one attached hydrogen (secondary N) is 1. The van der Waals surface area contributed by atoms with E-state index >= 15 is 0 Å². The van der Waals surface area contributed by atoms with E-state index in [-0.39, 0.29) is 10.6 Å². The lowest BCUT2D eigenvalue weighted by Gasteiger charge is -2.10. The fraction of sp³-hybridized carbons (Fsp3) is 0.0769. The van der Waals surface area contributed by atoms with E-state index in [1.54, 1.807) is 24.3 Å². The third kappa shape index (κ3) is 3.50. The maximum absolute atomic E-state index is 11.3. The van der Waals surface area contributed by atoms with E-state index < -0.39 is 10.0 Å². The van der Waals surface area contributed by atoms with E-state index in [2.05, 4.69) is 21.2 Å². The molecule has 0 atom stereocenters. The van der Waals surface area contributed by atoms with Gasteiger partial charge in [-0.15, -0.1) is 0 Å². The molecular formula is C13H13BrN2O3S. The lowest BCUT2D eigenvalue weighted by Crippen LogP contribution is -2.12. The van der Waals surface area contributed by atoms with Crippen molar-refractivity contribution in [2.75, 3.05) is 5.32 Å². The van der Waals surface area contributed by atoms with Crippen LogP contribution in [0.3, 0.4) is 0 Å². The van der Waals surface area contributed by atoms with Crippen molar-refractivity contribution in [3.05, 3.63) is 52.5 Å². The Balaban J connectivity index is 2.18.